The third kappa shape index (κ3) is 3.70. The van der Waals surface area contributed by atoms with E-state index in [0.717, 1.165) is 0 Å². The number of aliphatic hydroxyl groups excluding tert-OH is 1. The van der Waals surface area contributed by atoms with Gasteiger partial charge in [-0.1, -0.05) is 12.1 Å². The van der Waals surface area contributed by atoms with Crippen LogP contribution in [0.1, 0.15) is 10.4 Å². The lowest BCUT2D eigenvalue weighted by Crippen LogP contribution is -2.22. The number of hydrogen-bond acceptors (Lipinski definition) is 4. The molecule has 0 fully saturated rings. The van der Waals surface area contributed by atoms with Crippen LogP contribution >= 0.6 is 0 Å². The van der Waals surface area contributed by atoms with Crippen molar-refractivity contribution in [2.24, 2.45) is 0 Å². The zero-order valence-electron chi connectivity index (χ0n) is 11.7. The quantitative estimate of drug-likeness (QED) is 0.745. The molecule has 0 saturated heterocycles. The molecule has 0 spiro atoms. The van der Waals surface area contributed by atoms with Gasteiger partial charge in [0.2, 0.25) is 0 Å². The molecule has 0 saturated carbocycles. The van der Waals surface area contributed by atoms with E-state index in [1.54, 1.807) is 37.6 Å². The number of rotatable bonds is 6. The Balaban J connectivity index is 2.20. The molecule has 1 aromatic heterocycles. The van der Waals surface area contributed by atoms with E-state index in [1.165, 1.54) is 0 Å². The highest BCUT2D eigenvalue weighted by Crippen LogP contribution is 2.24. The number of pyridine rings is 1. The molecule has 1 aromatic carbocycles. The van der Waals surface area contributed by atoms with Gasteiger partial charge in [0.15, 0.2) is 0 Å². The first-order valence-electron chi connectivity index (χ1n) is 6.56. The number of methoxy groups -OCH3 is 1. The number of ether oxygens (including phenoxy) is 1. The first-order chi connectivity index (χ1) is 10.3. The number of aromatic nitrogens is 1. The van der Waals surface area contributed by atoms with Gasteiger partial charge in [0.1, 0.15) is 17.9 Å². The molecule has 0 bridgehead atoms. The van der Waals surface area contributed by atoms with Crippen molar-refractivity contribution in [2.75, 3.05) is 30.9 Å². The molecule has 0 aliphatic heterocycles. The fourth-order valence-electron chi connectivity index (χ4n) is 1.89. The van der Waals surface area contributed by atoms with Crippen molar-refractivity contribution in [3.05, 3.63) is 48.2 Å². The largest absolute Gasteiger partial charge is 0.495 e. The van der Waals surface area contributed by atoms with Crippen molar-refractivity contribution in [2.45, 2.75) is 0 Å². The van der Waals surface area contributed by atoms with Crippen molar-refractivity contribution in [1.82, 2.24) is 0 Å². The van der Waals surface area contributed by atoms with Crippen LogP contribution in [0.3, 0.4) is 0 Å². The van der Waals surface area contributed by atoms with Gasteiger partial charge in [-0.3, -0.25) is 10.1 Å². The third-order valence-electron chi connectivity index (χ3n) is 2.87. The Morgan fingerprint density at radius 2 is 2.10 bits per heavy atom. The van der Waals surface area contributed by atoms with Crippen LogP contribution in [0.25, 0.3) is 0 Å². The molecule has 0 aliphatic rings. The zero-order valence-corrected chi connectivity index (χ0v) is 11.7. The fourth-order valence-corrected chi connectivity index (χ4v) is 1.89. The SMILES string of the molecule is COc1ccccc1NC(=O)c1ccc[nH+]c1NCCO. The molecule has 2 rings (SSSR count). The molecular formula is C15H18N3O3+. The Kier molecular flexibility index (Phi) is 5.11. The molecule has 1 heterocycles. The second kappa shape index (κ2) is 7.25. The van der Waals surface area contributed by atoms with Gasteiger partial charge in [-0.25, -0.2) is 4.98 Å². The second-order valence-electron chi connectivity index (χ2n) is 4.26. The van der Waals surface area contributed by atoms with Crippen LogP contribution in [0.5, 0.6) is 5.75 Å². The van der Waals surface area contributed by atoms with Crippen LogP contribution in [-0.2, 0) is 0 Å². The van der Waals surface area contributed by atoms with Crippen molar-refractivity contribution >= 4 is 17.4 Å². The van der Waals surface area contributed by atoms with Crippen LogP contribution in [-0.4, -0.2) is 31.3 Å². The van der Waals surface area contributed by atoms with Gasteiger partial charge in [0, 0.05) is 0 Å². The van der Waals surface area contributed by atoms with Crippen LogP contribution in [0.4, 0.5) is 11.5 Å². The molecule has 21 heavy (non-hydrogen) atoms. The summed E-state index contributed by atoms with van der Waals surface area (Å²) in [4.78, 5) is 15.3. The van der Waals surface area contributed by atoms with Gasteiger partial charge >= 0.3 is 0 Å². The van der Waals surface area contributed by atoms with E-state index < -0.39 is 0 Å². The predicted octanol–water partition coefficient (Wildman–Crippen LogP) is 1.17. The van der Waals surface area contributed by atoms with Crippen LogP contribution < -0.4 is 20.4 Å². The number of aliphatic hydroxyl groups is 1. The molecule has 1 amide bonds. The summed E-state index contributed by atoms with van der Waals surface area (Å²) in [5, 5.41) is 14.6. The Morgan fingerprint density at radius 3 is 2.86 bits per heavy atom. The van der Waals surface area contributed by atoms with Crippen molar-refractivity contribution in [3.8, 4) is 5.75 Å². The Bertz CT molecular complexity index is 617. The smallest absolute Gasteiger partial charge is 0.285 e. The van der Waals surface area contributed by atoms with Crippen molar-refractivity contribution < 1.29 is 19.6 Å². The van der Waals surface area contributed by atoms with E-state index in [0.29, 0.717) is 29.4 Å². The molecule has 6 nitrogen and oxygen atoms in total. The second-order valence-corrected chi connectivity index (χ2v) is 4.26. The maximum absolute atomic E-state index is 12.4. The summed E-state index contributed by atoms with van der Waals surface area (Å²) in [6.45, 7) is 0.339. The zero-order chi connectivity index (χ0) is 15.1. The van der Waals surface area contributed by atoms with Gasteiger partial charge in [-0.15, -0.1) is 0 Å². The molecule has 0 atom stereocenters. The normalized spacial score (nSPS) is 10.0. The minimum atomic E-state index is -0.267. The van der Waals surface area contributed by atoms with E-state index in [2.05, 4.69) is 15.6 Å². The molecular weight excluding hydrogens is 270 g/mol. The number of carbonyl (C=O) groups is 1. The van der Waals surface area contributed by atoms with Gasteiger partial charge in [0.05, 0.1) is 25.6 Å². The Morgan fingerprint density at radius 1 is 1.29 bits per heavy atom. The third-order valence-corrected chi connectivity index (χ3v) is 2.87. The molecule has 110 valence electrons. The number of benzene rings is 1. The summed E-state index contributed by atoms with van der Waals surface area (Å²) in [6.07, 6.45) is 1.71. The van der Waals surface area contributed by atoms with E-state index in [9.17, 15) is 4.79 Å². The number of amides is 1. The standard InChI is InChI=1S/C15H17N3O3/c1-21-13-7-3-2-6-12(13)18-15(20)11-5-4-8-16-14(11)17-9-10-19/h2-8,19H,9-10H2,1H3,(H,16,17)(H,18,20)/p+1. The average molecular weight is 288 g/mol. The summed E-state index contributed by atoms with van der Waals surface area (Å²) < 4.78 is 5.21. The lowest BCUT2D eigenvalue weighted by Gasteiger charge is -2.10. The number of nitrogens with one attached hydrogen (secondary N) is 3. The monoisotopic (exact) mass is 288 g/mol. The van der Waals surface area contributed by atoms with Crippen LogP contribution in [0.15, 0.2) is 42.6 Å². The van der Waals surface area contributed by atoms with Gasteiger partial charge in [0.25, 0.3) is 11.7 Å². The fraction of sp³-hybridized carbons (Fsp3) is 0.200. The summed E-state index contributed by atoms with van der Waals surface area (Å²) >= 11 is 0. The molecule has 0 unspecified atom stereocenters. The summed E-state index contributed by atoms with van der Waals surface area (Å²) in [7, 11) is 1.55. The highest BCUT2D eigenvalue weighted by atomic mass is 16.5. The van der Waals surface area contributed by atoms with Gasteiger partial charge in [-0.2, -0.15) is 0 Å². The minimum Gasteiger partial charge on any atom is -0.495 e. The summed E-state index contributed by atoms with van der Waals surface area (Å²) in [5.41, 5.74) is 1.05. The highest BCUT2D eigenvalue weighted by Gasteiger charge is 2.17. The molecule has 2 aromatic rings. The van der Waals surface area contributed by atoms with Crippen LogP contribution in [0, 0.1) is 0 Å². The minimum absolute atomic E-state index is 0.0176. The van der Waals surface area contributed by atoms with Crippen molar-refractivity contribution in [1.29, 1.82) is 0 Å². The number of hydrogen-bond donors (Lipinski definition) is 3. The number of anilines is 2. The maximum Gasteiger partial charge on any atom is 0.285 e. The predicted molar refractivity (Wildman–Crippen MR) is 79.5 cm³/mol. The molecule has 0 aliphatic carbocycles. The maximum atomic E-state index is 12.4. The highest BCUT2D eigenvalue weighted by molar-refractivity contribution is 6.07. The summed E-state index contributed by atoms with van der Waals surface area (Å²) in [6, 6.07) is 10.6. The van der Waals surface area contributed by atoms with E-state index in [1.807, 2.05) is 12.1 Å². The lowest BCUT2D eigenvalue weighted by molar-refractivity contribution is -0.361. The summed E-state index contributed by atoms with van der Waals surface area (Å²) in [5.74, 6) is 0.881. The Hall–Kier alpha value is -2.60. The Labute approximate surface area is 122 Å². The van der Waals surface area contributed by atoms with E-state index in [4.69, 9.17) is 9.84 Å². The first kappa shape index (κ1) is 14.8. The molecule has 4 N–H and O–H groups in total. The van der Waals surface area contributed by atoms with E-state index in [-0.39, 0.29) is 12.5 Å². The van der Waals surface area contributed by atoms with Crippen LogP contribution in [0.2, 0.25) is 0 Å². The number of para-hydroxylation sites is 2. The number of carbonyl (C=O) groups excluding carboxylic acids is 1. The van der Waals surface area contributed by atoms with Crippen molar-refractivity contribution in [3.63, 3.8) is 0 Å². The molecule has 0 radical (unpaired) electrons. The average Bonchev–Trinajstić information content (AvgIpc) is 2.53. The molecule has 6 heteroatoms. The lowest BCUT2D eigenvalue weighted by atomic mass is 10.2. The van der Waals surface area contributed by atoms with Gasteiger partial charge in [-0.05, 0) is 24.3 Å². The number of aromatic amines is 1. The van der Waals surface area contributed by atoms with E-state index >= 15 is 0 Å². The topological polar surface area (TPSA) is 84.7 Å². The van der Waals surface area contributed by atoms with Gasteiger partial charge < -0.3 is 15.2 Å². The number of H-pyrrole nitrogens is 1. The first-order valence-corrected chi connectivity index (χ1v) is 6.56.